The molecule has 1 aromatic heterocycles. The number of halogens is 1. The molecule has 0 saturated carbocycles. The molecule has 0 atom stereocenters. The molecule has 1 heterocycles. The maximum atomic E-state index is 12.9. The second kappa shape index (κ2) is 11.2. The highest BCUT2D eigenvalue weighted by atomic mass is 32.2. The molecule has 0 aliphatic carbocycles. The average Bonchev–Trinajstić information content (AvgIpc) is 2.85. The lowest BCUT2D eigenvalue weighted by Crippen LogP contribution is -2.31. The molecular formula is C23H20FN3O7S. The summed E-state index contributed by atoms with van der Waals surface area (Å²) in [7, 11) is -3.12. The Morgan fingerprint density at radius 1 is 0.914 bits per heavy atom. The fourth-order valence-corrected chi connectivity index (χ4v) is 3.78. The topological polar surface area (TPSA) is 141 Å². The monoisotopic (exact) mass is 501 g/mol. The summed E-state index contributed by atoms with van der Waals surface area (Å²) < 4.78 is 48.9. The number of nitrogens with one attached hydrogen (secondary N) is 2. The van der Waals surface area contributed by atoms with E-state index in [4.69, 9.17) is 0 Å². The molecule has 0 spiro atoms. The van der Waals surface area contributed by atoms with Crippen molar-refractivity contribution in [1.29, 1.82) is 0 Å². The smallest absolute Gasteiger partial charge is 0.437 e. The second-order valence-corrected chi connectivity index (χ2v) is 8.72. The van der Waals surface area contributed by atoms with Gasteiger partial charge in [0.15, 0.2) is 0 Å². The van der Waals surface area contributed by atoms with Crippen LogP contribution in [0.5, 0.6) is 5.88 Å². The first-order chi connectivity index (χ1) is 16.7. The van der Waals surface area contributed by atoms with Crippen LogP contribution in [0.3, 0.4) is 0 Å². The number of ether oxygens (including phenoxy) is 2. The Labute approximate surface area is 200 Å². The van der Waals surface area contributed by atoms with Crippen LogP contribution in [0, 0.1) is 5.82 Å². The minimum absolute atomic E-state index is 0.0945. The van der Waals surface area contributed by atoms with Crippen molar-refractivity contribution >= 4 is 28.0 Å². The Bertz CT molecular complexity index is 1310. The number of hydrogen-bond donors (Lipinski definition) is 2. The number of sulfonamides is 1. The standard InChI is InChI=1S/C23H20FN3O7S/c1-33-23(30)34-20-11-6-17(14-26-20)22(29)27-35(31,32)19-9-4-16(5-10-19)21(28)25-13-12-15-2-7-18(24)8-3-15/h2-11,14H,12-13H2,1H3,(H,25,28)(H,27,29). The van der Waals surface area contributed by atoms with Gasteiger partial charge in [0.25, 0.3) is 21.8 Å². The van der Waals surface area contributed by atoms with Crippen molar-refractivity contribution in [1.82, 2.24) is 15.0 Å². The van der Waals surface area contributed by atoms with Crippen LogP contribution >= 0.6 is 0 Å². The SMILES string of the molecule is COC(=O)Oc1ccc(C(=O)NS(=O)(=O)c2ccc(C(=O)NCCc3ccc(F)cc3)cc2)cn1. The summed E-state index contributed by atoms with van der Waals surface area (Å²) in [5.74, 6) is -1.85. The number of methoxy groups -OCH3 is 1. The molecule has 0 saturated heterocycles. The number of hydrogen-bond acceptors (Lipinski definition) is 8. The number of carbonyl (C=O) groups excluding carboxylic acids is 3. The minimum Gasteiger partial charge on any atom is -0.437 e. The van der Waals surface area contributed by atoms with Crippen molar-refractivity contribution in [3.8, 4) is 5.88 Å². The highest BCUT2D eigenvalue weighted by Crippen LogP contribution is 2.13. The second-order valence-electron chi connectivity index (χ2n) is 7.03. The molecule has 12 heteroatoms. The lowest BCUT2D eigenvalue weighted by Gasteiger charge is -2.09. The van der Waals surface area contributed by atoms with Gasteiger partial charge in [-0.3, -0.25) is 9.59 Å². The van der Waals surface area contributed by atoms with E-state index in [0.717, 1.165) is 18.9 Å². The molecule has 2 amide bonds. The number of amides is 2. The van der Waals surface area contributed by atoms with Gasteiger partial charge >= 0.3 is 6.16 Å². The fourth-order valence-electron chi connectivity index (χ4n) is 2.80. The van der Waals surface area contributed by atoms with Crippen molar-refractivity contribution in [2.45, 2.75) is 11.3 Å². The van der Waals surface area contributed by atoms with Gasteiger partial charge in [-0.1, -0.05) is 12.1 Å². The van der Waals surface area contributed by atoms with E-state index in [-0.39, 0.29) is 27.7 Å². The molecule has 0 radical (unpaired) electrons. The minimum atomic E-state index is -4.23. The Balaban J connectivity index is 1.57. The number of nitrogens with zero attached hydrogens (tertiary/aromatic N) is 1. The number of benzene rings is 2. The summed E-state index contributed by atoms with van der Waals surface area (Å²) in [6.07, 6.45) is 0.528. The molecule has 182 valence electrons. The van der Waals surface area contributed by atoms with E-state index in [2.05, 4.69) is 19.8 Å². The van der Waals surface area contributed by atoms with Gasteiger partial charge < -0.3 is 14.8 Å². The van der Waals surface area contributed by atoms with Crippen molar-refractivity contribution in [3.05, 3.63) is 89.4 Å². The van der Waals surface area contributed by atoms with Gasteiger partial charge in [-0.2, -0.15) is 0 Å². The van der Waals surface area contributed by atoms with Crippen LogP contribution in [-0.4, -0.2) is 45.0 Å². The van der Waals surface area contributed by atoms with E-state index in [1.807, 2.05) is 4.72 Å². The van der Waals surface area contributed by atoms with Gasteiger partial charge in [-0.05, 0) is 54.4 Å². The Hall–Kier alpha value is -4.32. The van der Waals surface area contributed by atoms with Crippen molar-refractivity contribution < 1.29 is 36.7 Å². The Morgan fingerprint density at radius 3 is 2.17 bits per heavy atom. The van der Waals surface area contributed by atoms with E-state index in [1.165, 1.54) is 48.5 Å². The molecule has 2 aromatic carbocycles. The first kappa shape index (κ1) is 25.3. The lowest BCUT2D eigenvalue weighted by molar-refractivity contribution is 0.0951. The number of pyridine rings is 1. The highest BCUT2D eigenvalue weighted by Gasteiger charge is 2.20. The first-order valence-corrected chi connectivity index (χ1v) is 11.6. The molecule has 0 aliphatic rings. The summed E-state index contributed by atoms with van der Waals surface area (Å²) in [6.45, 7) is 0.304. The van der Waals surface area contributed by atoms with Crippen molar-refractivity contribution in [3.63, 3.8) is 0 Å². The molecule has 3 aromatic rings. The number of carbonyl (C=O) groups is 3. The first-order valence-electron chi connectivity index (χ1n) is 10.1. The third kappa shape index (κ3) is 7.08. The zero-order chi connectivity index (χ0) is 25.4. The van der Waals surface area contributed by atoms with Crippen LogP contribution in [0.4, 0.5) is 9.18 Å². The van der Waals surface area contributed by atoms with E-state index < -0.39 is 28.0 Å². The zero-order valence-electron chi connectivity index (χ0n) is 18.4. The molecule has 10 nitrogen and oxygen atoms in total. The van der Waals surface area contributed by atoms with Gasteiger partial charge in [-0.15, -0.1) is 0 Å². The van der Waals surface area contributed by atoms with Gasteiger partial charge in [0.1, 0.15) is 5.82 Å². The molecule has 35 heavy (non-hydrogen) atoms. The highest BCUT2D eigenvalue weighted by molar-refractivity contribution is 7.90. The molecule has 0 aliphatic heterocycles. The largest absolute Gasteiger partial charge is 0.514 e. The van der Waals surface area contributed by atoms with E-state index in [9.17, 15) is 27.2 Å². The summed E-state index contributed by atoms with van der Waals surface area (Å²) in [5.41, 5.74) is 0.979. The van der Waals surface area contributed by atoms with Crippen molar-refractivity contribution in [2.24, 2.45) is 0 Å². The summed E-state index contributed by atoms with van der Waals surface area (Å²) in [6, 6.07) is 13.3. The summed E-state index contributed by atoms with van der Waals surface area (Å²) in [4.78, 5) is 39.1. The summed E-state index contributed by atoms with van der Waals surface area (Å²) in [5, 5.41) is 2.70. The van der Waals surface area contributed by atoms with Crippen LogP contribution in [0.1, 0.15) is 26.3 Å². The van der Waals surface area contributed by atoms with Crippen LogP contribution in [-0.2, 0) is 21.2 Å². The maximum absolute atomic E-state index is 12.9. The van der Waals surface area contributed by atoms with Gasteiger partial charge in [0, 0.05) is 24.4 Å². The molecular weight excluding hydrogens is 481 g/mol. The Morgan fingerprint density at radius 2 is 1.57 bits per heavy atom. The predicted molar refractivity (Wildman–Crippen MR) is 121 cm³/mol. The molecule has 2 N–H and O–H groups in total. The average molecular weight is 501 g/mol. The predicted octanol–water partition coefficient (Wildman–Crippen LogP) is 2.46. The molecule has 0 unspecified atom stereocenters. The van der Waals surface area contributed by atoms with Gasteiger partial charge in [0.2, 0.25) is 5.88 Å². The fraction of sp³-hybridized carbons (Fsp3) is 0.130. The van der Waals surface area contributed by atoms with Gasteiger partial charge in [0.05, 0.1) is 17.6 Å². The molecule has 0 bridgehead atoms. The third-order valence-electron chi connectivity index (χ3n) is 4.62. The van der Waals surface area contributed by atoms with Crippen LogP contribution < -0.4 is 14.8 Å². The lowest BCUT2D eigenvalue weighted by atomic mass is 10.1. The third-order valence-corrected chi connectivity index (χ3v) is 5.97. The van der Waals surface area contributed by atoms with Crippen molar-refractivity contribution in [2.75, 3.05) is 13.7 Å². The van der Waals surface area contributed by atoms with E-state index in [0.29, 0.717) is 13.0 Å². The normalized spacial score (nSPS) is 10.8. The molecule has 3 rings (SSSR count). The van der Waals surface area contributed by atoms with Crippen LogP contribution in [0.2, 0.25) is 0 Å². The Kier molecular flexibility index (Phi) is 8.10. The maximum Gasteiger partial charge on any atom is 0.514 e. The molecule has 0 fully saturated rings. The van der Waals surface area contributed by atoms with Crippen LogP contribution in [0.25, 0.3) is 0 Å². The summed E-state index contributed by atoms with van der Waals surface area (Å²) >= 11 is 0. The number of aromatic nitrogens is 1. The van der Waals surface area contributed by atoms with E-state index >= 15 is 0 Å². The van der Waals surface area contributed by atoms with Crippen LogP contribution in [0.15, 0.2) is 71.8 Å². The zero-order valence-corrected chi connectivity index (χ0v) is 19.2. The number of rotatable bonds is 8. The quantitative estimate of drug-likeness (QED) is 0.449. The van der Waals surface area contributed by atoms with Gasteiger partial charge in [-0.25, -0.2) is 27.3 Å². The van der Waals surface area contributed by atoms with E-state index in [1.54, 1.807) is 12.1 Å².